The van der Waals surface area contributed by atoms with Crippen LogP contribution in [-0.2, 0) is 19.1 Å². The lowest BCUT2D eigenvalue weighted by molar-refractivity contribution is -0.144. The number of methoxy groups -OCH3 is 1. The van der Waals surface area contributed by atoms with E-state index in [-0.39, 0.29) is 23.7 Å². The Morgan fingerprint density at radius 2 is 1.93 bits per heavy atom. The lowest BCUT2D eigenvalue weighted by Crippen LogP contribution is -2.50. The van der Waals surface area contributed by atoms with Gasteiger partial charge in [0.15, 0.2) is 0 Å². The Morgan fingerprint density at radius 1 is 1.26 bits per heavy atom. The zero-order valence-electron chi connectivity index (χ0n) is 15.3. The molecule has 27 heavy (non-hydrogen) atoms. The molecular formula is C17H23N3O6S. The molecule has 1 atom stereocenters. The molecule has 0 aromatic carbocycles. The SMILES string of the molecule is COC(=O)c1sccc1NC(=O)C[C@@H](CN1CCN(C(C)=O)CC1)C(=O)O. The fourth-order valence-electron chi connectivity index (χ4n) is 2.87. The van der Waals surface area contributed by atoms with E-state index in [2.05, 4.69) is 10.1 Å². The summed E-state index contributed by atoms with van der Waals surface area (Å²) in [5.74, 6) is -2.97. The van der Waals surface area contributed by atoms with Crippen molar-refractivity contribution in [1.29, 1.82) is 0 Å². The molecule has 2 rings (SSSR count). The molecule has 2 heterocycles. The maximum absolute atomic E-state index is 12.3. The lowest BCUT2D eigenvalue weighted by Gasteiger charge is -2.35. The number of nitrogens with zero attached hydrogens (tertiary/aromatic N) is 2. The van der Waals surface area contributed by atoms with Crippen LogP contribution < -0.4 is 5.32 Å². The minimum atomic E-state index is -1.06. The molecule has 1 aromatic rings. The van der Waals surface area contributed by atoms with E-state index in [0.29, 0.717) is 31.9 Å². The van der Waals surface area contributed by atoms with Crippen LogP contribution in [-0.4, -0.2) is 78.5 Å². The topological polar surface area (TPSA) is 116 Å². The summed E-state index contributed by atoms with van der Waals surface area (Å²) in [6.45, 7) is 3.97. The molecule has 1 fully saturated rings. The quantitative estimate of drug-likeness (QED) is 0.652. The average Bonchev–Trinajstić information content (AvgIpc) is 3.08. The highest BCUT2D eigenvalue weighted by Crippen LogP contribution is 2.23. The van der Waals surface area contributed by atoms with Crippen molar-refractivity contribution >= 4 is 40.8 Å². The Hall–Kier alpha value is -2.46. The molecule has 2 amide bonds. The number of hydrogen-bond donors (Lipinski definition) is 2. The van der Waals surface area contributed by atoms with Crippen molar-refractivity contribution in [2.45, 2.75) is 13.3 Å². The van der Waals surface area contributed by atoms with E-state index in [1.165, 1.54) is 14.0 Å². The van der Waals surface area contributed by atoms with Crippen molar-refractivity contribution in [3.05, 3.63) is 16.3 Å². The number of amides is 2. The van der Waals surface area contributed by atoms with Crippen LogP contribution in [0.25, 0.3) is 0 Å². The van der Waals surface area contributed by atoms with Crippen LogP contribution in [0.1, 0.15) is 23.0 Å². The van der Waals surface area contributed by atoms with Gasteiger partial charge in [-0.15, -0.1) is 11.3 Å². The number of hydrogen-bond acceptors (Lipinski definition) is 7. The van der Waals surface area contributed by atoms with Crippen molar-refractivity contribution in [3.63, 3.8) is 0 Å². The third-order valence-electron chi connectivity index (χ3n) is 4.39. The molecule has 1 aromatic heterocycles. The number of carboxylic acid groups (broad SMARTS) is 1. The van der Waals surface area contributed by atoms with Crippen molar-refractivity contribution in [2.75, 3.05) is 45.2 Å². The van der Waals surface area contributed by atoms with Gasteiger partial charge in [0.25, 0.3) is 0 Å². The zero-order chi connectivity index (χ0) is 20.0. The van der Waals surface area contributed by atoms with Crippen LogP contribution in [0.3, 0.4) is 0 Å². The van der Waals surface area contributed by atoms with Gasteiger partial charge in [-0.3, -0.25) is 19.3 Å². The number of rotatable bonds is 7. The van der Waals surface area contributed by atoms with Gasteiger partial charge in [-0.25, -0.2) is 4.79 Å². The molecule has 0 bridgehead atoms. The van der Waals surface area contributed by atoms with Crippen molar-refractivity contribution in [3.8, 4) is 0 Å². The Morgan fingerprint density at radius 3 is 2.48 bits per heavy atom. The Kier molecular flexibility index (Phi) is 7.31. The number of esters is 1. The first kappa shape index (κ1) is 20.8. The van der Waals surface area contributed by atoms with Gasteiger partial charge in [-0.1, -0.05) is 0 Å². The van der Waals surface area contributed by atoms with Crippen molar-refractivity contribution < 1.29 is 29.0 Å². The molecule has 10 heteroatoms. The fourth-order valence-corrected chi connectivity index (χ4v) is 3.64. The predicted octanol–water partition coefficient (Wildman–Crippen LogP) is 0.728. The standard InChI is InChI=1S/C17H23N3O6S/c1-11(21)20-6-4-19(5-7-20)10-12(16(23)24)9-14(22)18-13-3-8-27-15(13)17(25)26-2/h3,8,12H,4-7,9-10H2,1-2H3,(H,18,22)(H,23,24)/t12-/m0/s1. The summed E-state index contributed by atoms with van der Waals surface area (Å²) in [4.78, 5) is 50.8. The first-order valence-electron chi connectivity index (χ1n) is 8.48. The zero-order valence-corrected chi connectivity index (χ0v) is 16.1. The van der Waals surface area contributed by atoms with Gasteiger partial charge in [0.2, 0.25) is 11.8 Å². The van der Waals surface area contributed by atoms with Crippen LogP contribution in [0.15, 0.2) is 11.4 Å². The molecule has 0 unspecified atom stereocenters. The molecule has 1 aliphatic heterocycles. The fraction of sp³-hybridized carbons (Fsp3) is 0.529. The van der Waals surface area contributed by atoms with Gasteiger partial charge < -0.3 is 20.1 Å². The van der Waals surface area contributed by atoms with Gasteiger partial charge in [0, 0.05) is 46.1 Å². The maximum Gasteiger partial charge on any atom is 0.350 e. The summed E-state index contributed by atoms with van der Waals surface area (Å²) in [6.07, 6.45) is -0.210. The maximum atomic E-state index is 12.3. The van der Waals surface area contributed by atoms with Crippen LogP contribution in [0, 0.1) is 5.92 Å². The lowest BCUT2D eigenvalue weighted by atomic mass is 10.0. The second kappa shape index (κ2) is 9.47. The largest absolute Gasteiger partial charge is 0.481 e. The summed E-state index contributed by atoms with van der Waals surface area (Å²) in [5.41, 5.74) is 0.316. The van der Waals surface area contributed by atoms with E-state index in [1.807, 2.05) is 4.90 Å². The van der Waals surface area contributed by atoms with Crippen LogP contribution >= 0.6 is 11.3 Å². The number of thiophene rings is 1. The molecule has 148 valence electrons. The second-order valence-corrected chi connectivity index (χ2v) is 7.17. The average molecular weight is 397 g/mol. The van der Waals surface area contributed by atoms with Crippen LogP contribution in [0.2, 0.25) is 0 Å². The first-order chi connectivity index (χ1) is 12.8. The van der Waals surface area contributed by atoms with Crippen molar-refractivity contribution in [1.82, 2.24) is 9.80 Å². The minimum absolute atomic E-state index is 0.000912. The summed E-state index contributed by atoms with van der Waals surface area (Å²) in [5, 5.41) is 13.7. The Labute approximate surface area is 160 Å². The van der Waals surface area contributed by atoms with E-state index in [1.54, 1.807) is 16.3 Å². The van der Waals surface area contributed by atoms with Crippen LogP contribution in [0.4, 0.5) is 5.69 Å². The molecular weight excluding hydrogens is 374 g/mol. The number of nitrogens with one attached hydrogen (secondary N) is 1. The third-order valence-corrected chi connectivity index (χ3v) is 5.28. The van der Waals surface area contributed by atoms with E-state index in [4.69, 9.17) is 0 Å². The number of anilines is 1. The van der Waals surface area contributed by atoms with Gasteiger partial charge in [0.05, 0.1) is 18.7 Å². The van der Waals surface area contributed by atoms with Crippen LogP contribution in [0.5, 0.6) is 0 Å². The number of piperazine rings is 1. The number of ether oxygens (including phenoxy) is 1. The Balaban J connectivity index is 1.91. The smallest absolute Gasteiger partial charge is 0.350 e. The minimum Gasteiger partial charge on any atom is -0.481 e. The van der Waals surface area contributed by atoms with Crippen molar-refractivity contribution in [2.24, 2.45) is 5.92 Å². The van der Waals surface area contributed by atoms with E-state index >= 15 is 0 Å². The number of carboxylic acids is 1. The normalized spacial score (nSPS) is 15.9. The summed E-state index contributed by atoms with van der Waals surface area (Å²) >= 11 is 1.13. The number of carbonyl (C=O) groups is 4. The van der Waals surface area contributed by atoms with E-state index in [0.717, 1.165) is 11.3 Å². The molecule has 1 aliphatic rings. The second-order valence-electron chi connectivity index (χ2n) is 6.25. The van der Waals surface area contributed by atoms with E-state index in [9.17, 15) is 24.3 Å². The number of aliphatic carboxylic acids is 1. The van der Waals surface area contributed by atoms with Gasteiger partial charge >= 0.3 is 11.9 Å². The van der Waals surface area contributed by atoms with Gasteiger partial charge in [-0.05, 0) is 11.4 Å². The molecule has 2 N–H and O–H groups in total. The highest BCUT2D eigenvalue weighted by molar-refractivity contribution is 7.12. The number of carbonyl (C=O) groups excluding carboxylic acids is 3. The highest BCUT2D eigenvalue weighted by atomic mass is 32.1. The van der Waals surface area contributed by atoms with E-state index < -0.39 is 23.8 Å². The van der Waals surface area contributed by atoms with Gasteiger partial charge in [0.1, 0.15) is 4.88 Å². The molecule has 1 saturated heterocycles. The summed E-state index contributed by atoms with van der Waals surface area (Å²) in [6, 6.07) is 1.57. The summed E-state index contributed by atoms with van der Waals surface area (Å²) in [7, 11) is 1.25. The highest BCUT2D eigenvalue weighted by Gasteiger charge is 2.27. The third kappa shape index (κ3) is 5.76. The monoisotopic (exact) mass is 397 g/mol. The predicted molar refractivity (Wildman–Crippen MR) is 98.7 cm³/mol. The molecule has 0 aliphatic carbocycles. The first-order valence-corrected chi connectivity index (χ1v) is 9.36. The molecule has 0 radical (unpaired) electrons. The molecule has 0 spiro atoms. The Bertz CT molecular complexity index is 711. The summed E-state index contributed by atoms with van der Waals surface area (Å²) < 4.78 is 4.65. The molecule has 9 nitrogen and oxygen atoms in total. The molecule has 0 saturated carbocycles. The van der Waals surface area contributed by atoms with Gasteiger partial charge in [-0.2, -0.15) is 0 Å².